The van der Waals surface area contributed by atoms with Crippen LogP contribution in [0.15, 0.2) is 12.1 Å². The molecule has 0 aliphatic heterocycles. The summed E-state index contributed by atoms with van der Waals surface area (Å²) >= 11 is 4.25. The van der Waals surface area contributed by atoms with Crippen molar-refractivity contribution in [1.29, 1.82) is 0 Å². The summed E-state index contributed by atoms with van der Waals surface area (Å²) in [5.41, 5.74) is 2.64. The summed E-state index contributed by atoms with van der Waals surface area (Å²) in [6, 6.07) is 7.45. The topological polar surface area (TPSA) is 9.23 Å². The Bertz CT molecular complexity index is 398. The van der Waals surface area contributed by atoms with Gasteiger partial charge in [0.1, 0.15) is 0 Å². The molecule has 1 rings (SSSR count). The van der Waals surface area contributed by atoms with Crippen molar-refractivity contribution in [2.45, 2.75) is 78.7 Å². The molecule has 3 heteroatoms. The number of hydrogen-bond acceptors (Lipinski definition) is 1. The minimum atomic E-state index is 0.0700. The Balaban J connectivity index is 0.00000191. The van der Waals surface area contributed by atoms with E-state index in [0.29, 0.717) is 0 Å². The molecule has 1 unspecified atom stereocenters. The number of rotatable bonds is 3. The summed E-state index contributed by atoms with van der Waals surface area (Å²) < 4.78 is 6.26. The van der Waals surface area contributed by atoms with E-state index in [0.717, 1.165) is 12.2 Å². The standard InChI is InChI=1S/C18H29O.BrH.Zn/c1-9-13(2)19-16-14(17(3,4)5)11-10-12-15(16)18(6,7)8;;/h11-13H,9H2,1-8H3;1H;/q-1;;+2/p-1. The Labute approximate surface area is 148 Å². The summed E-state index contributed by atoms with van der Waals surface area (Å²) in [4.78, 5) is 0. The molecule has 1 nitrogen and oxygen atoms in total. The van der Waals surface area contributed by atoms with Crippen molar-refractivity contribution < 1.29 is 21.1 Å². The van der Waals surface area contributed by atoms with Gasteiger partial charge >= 0.3 is 30.0 Å². The molecule has 1 aromatic carbocycles. The molecule has 0 aliphatic carbocycles. The zero-order chi connectivity index (χ0) is 16.8. The van der Waals surface area contributed by atoms with Crippen molar-refractivity contribution >= 4 is 13.6 Å². The number of hydrogen-bond donors (Lipinski definition) is 0. The first-order valence-electron chi connectivity index (χ1n) is 7.55. The minimum absolute atomic E-state index is 0.0700. The first kappa shape index (κ1) is 21.1. The second-order valence-corrected chi connectivity index (χ2v) is 7.45. The van der Waals surface area contributed by atoms with E-state index >= 15 is 0 Å². The molecular formula is C18H29BrOZn. The van der Waals surface area contributed by atoms with Crippen molar-refractivity contribution in [3.63, 3.8) is 0 Å². The molecule has 0 aromatic heterocycles. The SMILES string of the molecule is CCC(C)Oc1c(C(C)(C)C)c[c-]cc1C(C)(C)C.[Zn+][Br]. The van der Waals surface area contributed by atoms with Crippen LogP contribution in [0.4, 0.5) is 0 Å². The molecule has 21 heavy (non-hydrogen) atoms. The Morgan fingerprint density at radius 1 is 1.05 bits per heavy atom. The van der Waals surface area contributed by atoms with Crippen molar-refractivity contribution in [2.24, 2.45) is 0 Å². The quantitative estimate of drug-likeness (QED) is 0.435. The van der Waals surface area contributed by atoms with Crippen molar-refractivity contribution in [2.75, 3.05) is 0 Å². The van der Waals surface area contributed by atoms with Crippen LogP contribution in [0, 0.1) is 6.07 Å². The van der Waals surface area contributed by atoms with E-state index in [1.807, 2.05) is 0 Å². The maximum absolute atomic E-state index is 6.26. The normalized spacial score (nSPS) is 13.3. The van der Waals surface area contributed by atoms with Gasteiger partial charge in [0.15, 0.2) is 0 Å². The first-order valence-corrected chi connectivity index (χ1v) is 14.5. The number of halogens is 1. The fourth-order valence-corrected chi connectivity index (χ4v) is 2.01. The molecule has 0 saturated carbocycles. The number of ether oxygens (including phenoxy) is 1. The maximum atomic E-state index is 6.26. The summed E-state index contributed by atoms with van der Waals surface area (Å²) in [6.07, 6.45) is 1.26. The summed E-state index contributed by atoms with van der Waals surface area (Å²) in [5, 5.41) is 0. The molecule has 0 radical (unpaired) electrons. The van der Waals surface area contributed by atoms with Gasteiger partial charge in [-0.1, -0.05) is 59.3 Å². The molecule has 0 spiro atoms. The predicted octanol–water partition coefficient (Wildman–Crippen LogP) is 6.10. The Hall–Kier alpha value is 0.123. The third-order valence-electron chi connectivity index (χ3n) is 3.45. The average molecular weight is 407 g/mol. The monoisotopic (exact) mass is 404 g/mol. The van der Waals surface area contributed by atoms with Crippen LogP contribution in [-0.2, 0) is 27.2 Å². The van der Waals surface area contributed by atoms with Crippen LogP contribution in [-0.4, -0.2) is 6.10 Å². The van der Waals surface area contributed by atoms with Gasteiger partial charge in [0.2, 0.25) is 0 Å². The van der Waals surface area contributed by atoms with E-state index in [1.165, 1.54) is 27.5 Å². The summed E-state index contributed by atoms with van der Waals surface area (Å²) in [7, 11) is 0. The molecular weight excluding hydrogens is 377 g/mol. The molecule has 1 atom stereocenters. The van der Waals surface area contributed by atoms with E-state index in [4.69, 9.17) is 4.74 Å². The molecule has 0 N–H and O–H groups in total. The molecule has 1 aromatic rings. The van der Waals surface area contributed by atoms with Gasteiger partial charge in [-0.05, 0) is 13.3 Å². The van der Waals surface area contributed by atoms with Gasteiger partial charge < -0.3 is 4.74 Å². The Kier molecular flexibility index (Phi) is 8.73. The average Bonchev–Trinajstić information content (AvgIpc) is 2.38. The van der Waals surface area contributed by atoms with Gasteiger partial charge in [0, 0.05) is 5.75 Å². The molecule has 0 bridgehead atoms. The first-order chi connectivity index (χ1) is 9.57. The van der Waals surface area contributed by atoms with E-state index in [9.17, 15) is 0 Å². The van der Waals surface area contributed by atoms with Crippen LogP contribution < -0.4 is 4.74 Å². The third kappa shape index (κ3) is 6.41. The fourth-order valence-electron chi connectivity index (χ4n) is 2.01. The molecule has 0 heterocycles. The van der Waals surface area contributed by atoms with Crippen molar-refractivity contribution in [1.82, 2.24) is 0 Å². The summed E-state index contributed by atoms with van der Waals surface area (Å²) in [6.45, 7) is 17.7. The Morgan fingerprint density at radius 3 is 1.71 bits per heavy atom. The second-order valence-electron chi connectivity index (χ2n) is 7.45. The van der Waals surface area contributed by atoms with Gasteiger partial charge in [-0.3, -0.25) is 0 Å². The summed E-state index contributed by atoms with van der Waals surface area (Å²) in [5.74, 6) is 1.06. The second kappa shape index (κ2) is 8.68. The van der Waals surface area contributed by atoms with Crippen LogP contribution in [0.25, 0.3) is 0 Å². The van der Waals surface area contributed by atoms with E-state index in [-0.39, 0.29) is 16.9 Å². The van der Waals surface area contributed by atoms with E-state index < -0.39 is 0 Å². The number of benzene rings is 1. The van der Waals surface area contributed by atoms with Crippen molar-refractivity contribution in [3.8, 4) is 5.75 Å². The van der Waals surface area contributed by atoms with Crippen LogP contribution >= 0.6 is 13.6 Å². The van der Waals surface area contributed by atoms with E-state index in [1.54, 1.807) is 0 Å². The van der Waals surface area contributed by atoms with Crippen LogP contribution in [0.2, 0.25) is 0 Å². The van der Waals surface area contributed by atoms with Crippen LogP contribution in [0.3, 0.4) is 0 Å². The molecule has 0 saturated heterocycles. The third-order valence-corrected chi connectivity index (χ3v) is 3.45. The molecule has 0 fully saturated rings. The van der Waals surface area contributed by atoms with Crippen LogP contribution in [0.1, 0.15) is 72.9 Å². The van der Waals surface area contributed by atoms with Gasteiger partial charge in [-0.15, -0.1) is 11.1 Å². The Morgan fingerprint density at radius 2 is 1.43 bits per heavy atom. The van der Waals surface area contributed by atoms with Gasteiger partial charge in [0.25, 0.3) is 0 Å². The molecule has 116 valence electrons. The fraction of sp³-hybridized carbons (Fsp3) is 0.667. The zero-order valence-corrected chi connectivity index (χ0v) is 19.5. The van der Waals surface area contributed by atoms with Gasteiger partial charge in [-0.25, -0.2) is 0 Å². The van der Waals surface area contributed by atoms with Gasteiger partial charge in [0.05, 0.1) is 6.10 Å². The van der Waals surface area contributed by atoms with Crippen molar-refractivity contribution in [3.05, 3.63) is 29.3 Å². The van der Waals surface area contributed by atoms with Crippen LogP contribution in [0.5, 0.6) is 5.75 Å². The molecule has 0 aliphatic rings. The predicted molar refractivity (Wildman–Crippen MR) is 92.0 cm³/mol. The zero-order valence-electron chi connectivity index (χ0n) is 14.9. The van der Waals surface area contributed by atoms with Gasteiger partial charge in [-0.2, -0.15) is 18.2 Å². The molecule has 0 amide bonds. The van der Waals surface area contributed by atoms with E-state index in [2.05, 4.69) is 87.2 Å².